The number of pyridine rings is 1. The zero-order valence-electron chi connectivity index (χ0n) is 9.64. The third-order valence-electron chi connectivity index (χ3n) is 2.65. The Morgan fingerprint density at radius 1 is 1.06 bits per heavy atom. The van der Waals surface area contributed by atoms with Crippen LogP contribution in [-0.2, 0) is 0 Å². The number of aryl methyl sites for hydroxylation is 1. The molecule has 2 rings (SSSR count). The standard InChI is InChI=1S/C14H16N2/c1-11-8-13(10-16-9-11)14(15-2)12-6-4-3-5-7-12/h3-10,14-15H,1-2H3. The van der Waals surface area contributed by atoms with Gasteiger partial charge in [-0.3, -0.25) is 4.98 Å². The minimum absolute atomic E-state index is 0.216. The van der Waals surface area contributed by atoms with E-state index in [1.165, 1.54) is 16.7 Å². The van der Waals surface area contributed by atoms with Crippen LogP contribution < -0.4 is 5.32 Å². The van der Waals surface area contributed by atoms with Gasteiger partial charge in [0.25, 0.3) is 0 Å². The Labute approximate surface area is 96.4 Å². The summed E-state index contributed by atoms with van der Waals surface area (Å²) in [6, 6.07) is 12.8. The second-order valence-electron chi connectivity index (χ2n) is 3.93. The van der Waals surface area contributed by atoms with Crippen LogP contribution in [0.5, 0.6) is 0 Å². The van der Waals surface area contributed by atoms with Crippen LogP contribution >= 0.6 is 0 Å². The second kappa shape index (κ2) is 4.90. The fourth-order valence-corrected chi connectivity index (χ4v) is 1.91. The Bertz CT molecular complexity index is 451. The molecule has 0 spiro atoms. The molecule has 0 fully saturated rings. The van der Waals surface area contributed by atoms with Crippen molar-refractivity contribution in [1.29, 1.82) is 0 Å². The van der Waals surface area contributed by atoms with Crippen molar-refractivity contribution >= 4 is 0 Å². The molecule has 1 aromatic carbocycles. The van der Waals surface area contributed by atoms with E-state index in [2.05, 4.69) is 47.6 Å². The van der Waals surface area contributed by atoms with E-state index in [1.807, 2.05) is 25.5 Å². The van der Waals surface area contributed by atoms with Crippen LogP contribution in [0.1, 0.15) is 22.7 Å². The van der Waals surface area contributed by atoms with Gasteiger partial charge in [-0.2, -0.15) is 0 Å². The minimum Gasteiger partial charge on any atom is -0.309 e. The van der Waals surface area contributed by atoms with Crippen molar-refractivity contribution in [3.8, 4) is 0 Å². The molecule has 2 nitrogen and oxygen atoms in total. The molecule has 0 aliphatic carbocycles. The molecule has 2 heteroatoms. The molecule has 0 bridgehead atoms. The quantitative estimate of drug-likeness (QED) is 0.846. The monoisotopic (exact) mass is 212 g/mol. The maximum Gasteiger partial charge on any atom is 0.0589 e. The van der Waals surface area contributed by atoms with E-state index in [9.17, 15) is 0 Å². The SMILES string of the molecule is CNC(c1ccccc1)c1cncc(C)c1. The van der Waals surface area contributed by atoms with Gasteiger partial charge in [0.05, 0.1) is 6.04 Å². The Balaban J connectivity index is 2.37. The molecule has 0 amide bonds. The smallest absolute Gasteiger partial charge is 0.0589 e. The normalized spacial score (nSPS) is 12.4. The molecule has 1 heterocycles. The summed E-state index contributed by atoms with van der Waals surface area (Å²) in [5, 5.41) is 3.32. The molecule has 82 valence electrons. The third kappa shape index (κ3) is 2.28. The summed E-state index contributed by atoms with van der Waals surface area (Å²) < 4.78 is 0. The number of rotatable bonds is 3. The lowest BCUT2D eigenvalue weighted by molar-refractivity contribution is 0.688. The van der Waals surface area contributed by atoms with Crippen LogP contribution in [0.25, 0.3) is 0 Å². The average Bonchev–Trinajstić information content (AvgIpc) is 2.31. The first-order valence-corrected chi connectivity index (χ1v) is 5.45. The van der Waals surface area contributed by atoms with Gasteiger partial charge in [0.2, 0.25) is 0 Å². The van der Waals surface area contributed by atoms with Crippen LogP contribution in [0.4, 0.5) is 0 Å². The first-order chi connectivity index (χ1) is 7.81. The number of hydrogen-bond acceptors (Lipinski definition) is 2. The van der Waals surface area contributed by atoms with Gasteiger partial charge in [0, 0.05) is 12.4 Å². The highest BCUT2D eigenvalue weighted by Crippen LogP contribution is 2.21. The summed E-state index contributed by atoms with van der Waals surface area (Å²) in [6.45, 7) is 2.06. The fourth-order valence-electron chi connectivity index (χ4n) is 1.91. The third-order valence-corrected chi connectivity index (χ3v) is 2.65. The number of nitrogens with one attached hydrogen (secondary N) is 1. The van der Waals surface area contributed by atoms with Crippen molar-refractivity contribution in [2.45, 2.75) is 13.0 Å². The molecule has 0 saturated heterocycles. The number of nitrogens with zero attached hydrogens (tertiary/aromatic N) is 1. The summed E-state index contributed by atoms with van der Waals surface area (Å²) in [5.41, 5.74) is 3.65. The van der Waals surface area contributed by atoms with Crippen molar-refractivity contribution in [2.24, 2.45) is 0 Å². The van der Waals surface area contributed by atoms with Crippen molar-refractivity contribution in [2.75, 3.05) is 7.05 Å². The Kier molecular flexibility index (Phi) is 3.32. The van der Waals surface area contributed by atoms with Crippen LogP contribution in [0, 0.1) is 6.92 Å². The van der Waals surface area contributed by atoms with Crippen LogP contribution in [0.2, 0.25) is 0 Å². The van der Waals surface area contributed by atoms with E-state index in [4.69, 9.17) is 0 Å². The van der Waals surface area contributed by atoms with Gasteiger partial charge in [-0.25, -0.2) is 0 Å². The molecule has 1 unspecified atom stereocenters. The number of benzene rings is 1. The zero-order chi connectivity index (χ0) is 11.4. The summed E-state index contributed by atoms with van der Waals surface area (Å²) >= 11 is 0. The fraction of sp³-hybridized carbons (Fsp3) is 0.214. The van der Waals surface area contributed by atoms with Gasteiger partial charge < -0.3 is 5.32 Å². The van der Waals surface area contributed by atoms with E-state index >= 15 is 0 Å². The summed E-state index contributed by atoms with van der Waals surface area (Å²) in [4.78, 5) is 4.24. The van der Waals surface area contributed by atoms with E-state index in [0.717, 1.165) is 0 Å². The number of hydrogen-bond donors (Lipinski definition) is 1. The second-order valence-corrected chi connectivity index (χ2v) is 3.93. The van der Waals surface area contributed by atoms with Crippen LogP contribution in [-0.4, -0.2) is 12.0 Å². The summed E-state index contributed by atoms with van der Waals surface area (Å²) in [7, 11) is 1.97. The Hall–Kier alpha value is -1.67. The molecule has 1 N–H and O–H groups in total. The maximum atomic E-state index is 4.24. The highest BCUT2D eigenvalue weighted by Gasteiger charge is 2.11. The van der Waals surface area contributed by atoms with Crippen molar-refractivity contribution < 1.29 is 0 Å². The highest BCUT2D eigenvalue weighted by atomic mass is 14.9. The van der Waals surface area contributed by atoms with Gasteiger partial charge in [0.1, 0.15) is 0 Å². The van der Waals surface area contributed by atoms with Gasteiger partial charge in [0.15, 0.2) is 0 Å². The Morgan fingerprint density at radius 3 is 2.44 bits per heavy atom. The van der Waals surface area contributed by atoms with Gasteiger partial charge in [-0.1, -0.05) is 36.4 Å². The lowest BCUT2D eigenvalue weighted by Gasteiger charge is -2.17. The van der Waals surface area contributed by atoms with Crippen LogP contribution in [0.3, 0.4) is 0 Å². The molecular weight excluding hydrogens is 196 g/mol. The first-order valence-electron chi connectivity index (χ1n) is 5.45. The molecule has 1 atom stereocenters. The lowest BCUT2D eigenvalue weighted by atomic mass is 9.99. The van der Waals surface area contributed by atoms with Gasteiger partial charge >= 0.3 is 0 Å². The van der Waals surface area contributed by atoms with E-state index in [1.54, 1.807) is 0 Å². The maximum absolute atomic E-state index is 4.24. The van der Waals surface area contributed by atoms with Gasteiger partial charge in [-0.15, -0.1) is 0 Å². The predicted octanol–water partition coefficient (Wildman–Crippen LogP) is 2.70. The lowest BCUT2D eigenvalue weighted by Crippen LogP contribution is -2.17. The number of aromatic nitrogens is 1. The molecule has 0 radical (unpaired) electrons. The van der Waals surface area contributed by atoms with Crippen molar-refractivity contribution in [3.05, 3.63) is 65.5 Å². The van der Waals surface area contributed by atoms with Gasteiger partial charge in [-0.05, 0) is 30.7 Å². The van der Waals surface area contributed by atoms with E-state index in [0.29, 0.717) is 0 Å². The van der Waals surface area contributed by atoms with E-state index in [-0.39, 0.29) is 6.04 Å². The highest BCUT2D eigenvalue weighted by molar-refractivity contribution is 5.31. The molecular formula is C14H16N2. The Morgan fingerprint density at radius 2 is 1.81 bits per heavy atom. The molecule has 2 aromatic rings. The topological polar surface area (TPSA) is 24.9 Å². The summed E-state index contributed by atoms with van der Waals surface area (Å²) in [5.74, 6) is 0. The summed E-state index contributed by atoms with van der Waals surface area (Å²) in [6.07, 6.45) is 3.79. The average molecular weight is 212 g/mol. The zero-order valence-corrected chi connectivity index (χ0v) is 9.64. The molecule has 0 saturated carbocycles. The molecule has 1 aromatic heterocycles. The molecule has 0 aliphatic rings. The largest absolute Gasteiger partial charge is 0.309 e. The molecule has 0 aliphatic heterocycles. The predicted molar refractivity (Wildman–Crippen MR) is 66.3 cm³/mol. The molecule has 16 heavy (non-hydrogen) atoms. The van der Waals surface area contributed by atoms with Crippen molar-refractivity contribution in [1.82, 2.24) is 10.3 Å². The van der Waals surface area contributed by atoms with Crippen molar-refractivity contribution in [3.63, 3.8) is 0 Å². The van der Waals surface area contributed by atoms with E-state index < -0.39 is 0 Å². The minimum atomic E-state index is 0.216. The first kappa shape index (κ1) is 10.8. The van der Waals surface area contributed by atoms with Crippen LogP contribution in [0.15, 0.2) is 48.8 Å².